The number of nitrogens with one attached hydrogen (secondary N) is 2. The maximum Gasteiger partial charge on any atom is 0.220 e. The molecule has 1 fully saturated rings. The van der Waals surface area contributed by atoms with Gasteiger partial charge in [-0.15, -0.1) is 12.4 Å². The predicted octanol–water partition coefficient (Wildman–Crippen LogP) is 1.85. The molecule has 1 amide bonds. The minimum Gasteiger partial charge on any atom is -0.350 e. The molecule has 0 bridgehead atoms. The third-order valence-corrected chi connectivity index (χ3v) is 3.95. The number of rotatable bonds is 5. The van der Waals surface area contributed by atoms with Crippen LogP contribution in [0.2, 0.25) is 0 Å². The summed E-state index contributed by atoms with van der Waals surface area (Å²) in [6, 6.07) is 1.84. The van der Waals surface area contributed by atoms with Crippen LogP contribution >= 0.6 is 12.4 Å². The standard InChI is InChI=1S/C15H24N4O.ClH/c1-11(13-4-3-6-16-9-13)8-15(20)18-10-14-5-7-17-12(2)19-14;/h5,7,11,13,16H,3-4,6,8-10H2,1-2H3,(H,18,20);1H. The summed E-state index contributed by atoms with van der Waals surface area (Å²) in [7, 11) is 0. The van der Waals surface area contributed by atoms with E-state index in [0.29, 0.717) is 24.8 Å². The van der Waals surface area contributed by atoms with Crippen LogP contribution in [0.4, 0.5) is 0 Å². The number of hydrogen-bond acceptors (Lipinski definition) is 4. The third kappa shape index (κ3) is 5.98. The Morgan fingerprint density at radius 1 is 1.57 bits per heavy atom. The summed E-state index contributed by atoms with van der Waals surface area (Å²) in [5, 5.41) is 6.35. The van der Waals surface area contributed by atoms with Crippen LogP contribution in [0.25, 0.3) is 0 Å². The van der Waals surface area contributed by atoms with Gasteiger partial charge in [0.25, 0.3) is 0 Å². The van der Waals surface area contributed by atoms with Gasteiger partial charge in [0.1, 0.15) is 5.82 Å². The van der Waals surface area contributed by atoms with Crippen LogP contribution < -0.4 is 10.6 Å². The van der Waals surface area contributed by atoms with Crippen molar-refractivity contribution in [2.75, 3.05) is 13.1 Å². The fourth-order valence-electron chi connectivity index (χ4n) is 2.69. The second-order valence-electron chi connectivity index (χ2n) is 5.66. The molecular formula is C15H25ClN4O. The molecule has 5 nitrogen and oxygen atoms in total. The molecule has 1 aliphatic heterocycles. The SMILES string of the molecule is Cc1nccc(CNC(=O)CC(C)C2CCCNC2)n1.Cl. The molecule has 0 saturated carbocycles. The molecule has 2 rings (SSSR count). The highest BCUT2D eigenvalue weighted by Crippen LogP contribution is 2.22. The van der Waals surface area contributed by atoms with Crippen LogP contribution in [0.15, 0.2) is 12.3 Å². The normalized spacial score (nSPS) is 19.4. The van der Waals surface area contributed by atoms with Crippen LogP contribution in [0.3, 0.4) is 0 Å². The zero-order valence-corrected chi connectivity index (χ0v) is 13.6. The zero-order valence-electron chi connectivity index (χ0n) is 12.8. The van der Waals surface area contributed by atoms with Gasteiger partial charge in [0.05, 0.1) is 12.2 Å². The second kappa shape index (κ2) is 8.95. The lowest BCUT2D eigenvalue weighted by Crippen LogP contribution is -2.35. The van der Waals surface area contributed by atoms with Crippen LogP contribution in [0, 0.1) is 18.8 Å². The van der Waals surface area contributed by atoms with E-state index in [1.807, 2.05) is 13.0 Å². The lowest BCUT2D eigenvalue weighted by Gasteiger charge is -2.28. The molecule has 1 aromatic rings. The molecule has 6 heteroatoms. The van der Waals surface area contributed by atoms with Gasteiger partial charge in [-0.25, -0.2) is 9.97 Å². The first kappa shape index (κ1) is 17.9. The van der Waals surface area contributed by atoms with E-state index in [2.05, 4.69) is 27.5 Å². The van der Waals surface area contributed by atoms with Gasteiger partial charge in [0.15, 0.2) is 0 Å². The van der Waals surface area contributed by atoms with Crippen molar-refractivity contribution < 1.29 is 4.79 Å². The van der Waals surface area contributed by atoms with E-state index in [9.17, 15) is 4.79 Å². The highest BCUT2D eigenvalue weighted by atomic mass is 35.5. The monoisotopic (exact) mass is 312 g/mol. The number of amides is 1. The Morgan fingerprint density at radius 2 is 2.38 bits per heavy atom. The molecular weight excluding hydrogens is 288 g/mol. The highest BCUT2D eigenvalue weighted by Gasteiger charge is 2.21. The van der Waals surface area contributed by atoms with E-state index in [1.54, 1.807) is 6.20 Å². The van der Waals surface area contributed by atoms with Gasteiger partial charge in [-0.3, -0.25) is 4.79 Å². The van der Waals surface area contributed by atoms with Gasteiger partial charge in [-0.1, -0.05) is 6.92 Å². The van der Waals surface area contributed by atoms with Gasteiger partial charge in [-0.2, -0.15) is 0 Å². The molecule has 0 radical (unpaired) electrons. The summed E-state index contributed by atoms with van der Waals surface area (Å²) in [5.74, 6) is 1.89. The highest BCUT2D eigenvalue weighted by molar-refractivity contribution is 5.85. The van der Waals surface area contributed by atoms with Crippen molar-refractivity contribution in [3.63, 3.8) is 0 Å². The van der Waals surface area contributed by atoms with E-state index in [-0.39, 0.29) is 18.3 Å². The number of carbonyl (C=O) groups is 1. The van der Waals surface area contributed by atoms with E-state index in [0.717, 1.165) is 24.6 Å². The maximum atomic E-state index is 12.0. The van der Waals surface area contributed by atoms with Crippen molar-refractivity contribution in [1.29, 1.82) is 0 Å². The Labute approximate surface area is 132 Å². The summed E-state index contributed by atoms with van der Waals surface area (Å²) < 4.78 is 0. The third-order valence-electron chi connectivity index (χ3n) is 3.95. The Hall–Kier alpha value is -1.20. The van der Waals surface area contributed by atoms with Crippen LogP contribution in [-0.2, 0) is 11.3 Å². The van der Waals surface area contributed by atoms with Crippen molar-refractivity contribution in [1.82, 2.24) is 20.6 Å². The quantitative estimate of drug-likeness (QED) is 0.871. The van der Waals surface area contributed by atoms with Crippen LogP contribution in [-0.4, -0.2) is 29.0 Å². The number of aryl methyl sites for hydroxylation is 1. The fraction of sp³-hybridized carbons (Fsp3) is 0.667. The van der Waals surface area contributed by atoms with E-state index in [1.165, 1.54) is 12.8 Å². The van der Waals surface area contributed by atoms with Gasteiger partial charge in [-0.05, 0) is 50.8 Å². The Morgan fingerprint density at radius 3 is 3.05 bits per heavy atom. The van der Waals surface area contributed by atoms with Crippen LogP contribution in [0.1, 0.15) is 37.7 Å². The Kier molecular flexibility index (Phi) is 7.61. The van der Waals surface area contributed by atoms with Crippen molar-refractivity contribution in [2.24, 2.45) is 11.8 Å². The smallest absolute Gasteiger partial charge is 0.220 e. The molecule has 1 saturated heterocycles. The average Bonchev–Trinajstić information content (AvgIpc) is 2.46. The summed E-state index contributed by atoms with van der Waals surface area (Å²) >= 11 is 0. The maximum absolute atomic E-state index is 12.0. The van der Waals surface area contributed by atoms with Crippen LogP contribution in [0.5, 0.6) is 0 Å². The molecule has 2 atom stereocenters. The molecule has 0 aliphatic carbocycles. The molecule has 118 valence electrons. The number of aromatic nitrogens is 2. The number of piperidine rings is 1. The number of halogens is 1. The Bertz CT molecular complexity index is 449. The number of nitrogens with zero attached hydrogens (tertiary/aromatic N) is 2. The van der Waals surface area contributed by atoms with Crippen molar-refractivity contribution in [3.05, 3.63) is 23.8 Å². The van der Waals surface area contributed by atoms with Gasteiger partial charge >= 0.3 is 0 Å². The van der Waals surface area contributed by atoms with Gasteiger partial charge in [0, 0.05) is 12.6 Å². The molecule has 2 N–H and O–H groups in total. The topological polar surface area (TPSA) is 66.9 Å². The first-order valence-electron chi connectivity index (χ1n) is 7.41. The summed E-state index contributed by atoms with van der Waals surface area (Å²) in [6.45, 7) is 6.66. The van der Waals surface area contributed by atoms with E-state index >= 15 is 0 Å². The second-order valence-corrected chi connectivity index (χ2v) is 5.66. The molecule has 2 heterocycles. The molecule has 21 heavy (non-hydrogen) atoms. The predicted molar refractivity (Wildman–Crippen MR) is 85.2 cm³/mol. The molecule has 1 aliphatic rings. The lowest BCUT2D eigenvalue weighted by molar-refractivity contribution is -0.122. The number of carbonyl (C=O) groups excluding carboxylic acids is 1. The largest absolute Gasteiger partial charge is 0.350 e. The molecule has 0 spiro atoms. The zero-order chi connectivity index (χ0) is 14.4. The molecule has 0 aromatic carbocycles. The van der Waals surface area contributed by atoms with E-state index in [4.69, 9.17) is 0 Å². The summed E-state index contributed by atoms with van der Waals surface area (Å²) in [6.07, 6.45) is 4.76. The van der Waals surface area contributed by atoms with Gasteiger partial charge in [0.2, 0.25) is 5.91 Å². The number of hydrogen-bond donors (Lipinski definition) is 2. The molecule has 1 aromatic heterocycles. The summed E-state index contributed by atoms with van der Waals surface area (Å²) in [5.41, 5.74) is 0.859. The minimum atomic E-state index is 0. The average molecular weight is 313 g/mol. The summed E-state index contributed by atoms with van der Waals surface area (Å²) in [4.78, 5) is 20.3. The fourth-order valence-corrected chi connectivity index (χ4v) is 2.69. The van der Waals surface area contributed by atoms with Crippen molar-refractivity contribution in [2.45, 2.75) is 39.7 Å². The van der Waals surface area contributed by atoms with E-state index < -0.39 is 0 Å². The lowest BCUT2D eigenvalue weighted by atomic mass is 9.85. The van der Waals surface area contributed by atoms with Gasteiger partial charge < -0.3 is 10.6 Å². The molecule has 2 unspecified atom stereocenters. The van der Waals surface area contributed by atoms with Crippen molar-refractivity contribution in [3.8, 4) is 0 Å². The first-order chi connectivity index (χ1) is 9.65. The first-order valence-corrected chi connectivity index (χ1v) is 7.41. The van der Waals surface area contributed by atoms with Crippen molar-refractivity contribution >= 4 is 18.3 Å². The Balaban J connectivity index is 0.00000220. The minimum absolute atomic E-state index is 0.